The number of hydrogen-bond acceptors (Lipinski definition) is 4. The molecular weight excluding hydrogens is 328 g/mol. The monoisotopic (exact) mass is 356 g/mol. The number of allylic oxidation sites excluding steroid dienone is 2. The number of aryl methyl sites for hydroxylation is 1. The Hall–Kier alpha value is -1.59. The molecule has 0 aromatic carbocycles. The van der Waals surface area contributed by atoms with Gasteiger partial charge in [-0.3, -0.25) is 4.79 Å². The van der Waals surface area contributed by atoms with E-state index in [4.69, 9.17) is 4.42 Å². The quantitative estimate of drug-likeness (QED) is 0.759. The Morgan fingerprint density at radius 2 is 2.15 bits per heavy atom. The van der Waals surface area contributed by atoms with Gasteiger partial charge in [0.15, 0.2) is 0 Å². The zero-order chi connectivity index (χ0) is 17.7. The lowest BCUT2D eigenvalue weighted by Gasteiger charge is -2.43. The van der Waals surface area contributed by atoms with Crippen molar-refractivity contribution in [3.8, 4) is 0 Å². The zero-order valence-corrected chi connectivity index (χ0v) is 15.2. The minimum atomic E-state index is -0.448. The predicted octanol–water partition coefficient (Wildman–Crippen LogP) is 2.66. The largest absolute Gasteiger partial charge is 0.464 e. The molecule has 7 rings (SSSR count). The van der Waals surface area contributed by atoms with Crippen LogP contribution in [0.3, 0.4) is 0 Å². The second kappa shape index (κ2) is 6.24. The number of aliphatic hydroxyl groups excluding tert-OH is 1. The van der Waals surface area contributed by atoms with Crippen molar-refractivity contribution in [1.29, 1.82) is 0 Å². The van der Waals surface area contributed by atoms with E-state index < -0.39 is 5.41 Å². The predicted molar refractivity (Wildman–Crippen MR) is 97.8 cm³/mol. The Labute approximate surface area is 154 Å². The molecule has 5 nitrogen and oxygen atoms in total. The van der Waals surface area contributed by atoms with Gasteiger partial charge in [-0.25, -0.2) is 0 Å². The van der Waals surface area contributed by atoms with Gasteiger partial charge >= 0.3 is 0 Å². The highest BCUT2D eigenvalue weighted by Crippen LogP contribution is 2.64. The molecule has 4 atom stereocenters. The second-order valence-corrected chi connectivity index (χ2v) is 8.40. The van der Waals surface area contributed by atoms with E-state index in [2.05, 4.69) is 28.4 Å². The first kappa shape index (κ1) is 16.6. The van der Waals surface area contributed by atoms with Crippen molar-refractivity contribution in [2.24, 2.45) is 5.41 Å². The number of amides is 1. The molecule has 5 aliphatic heterocycles. The number of carbonyl (C=O) groups excluding carboxylic acids is 1. The molecule has 0 saturated carbocycles. The van der Waals surface area contributed by atoms with Crippen molar-refractivity contribution in [1.82, 2.24) is 10.2 Å². The molecule has 2 fully saturated rings. The summed E-state index contributed by atoms with van der Waals surface area (Å²) in [6.07, 6.45) is 11.4. The van der Waals surface area contributed by atoms with Crippen molar-refractivity contribution in [3.63, 3.8) is 0 Å². The Bertz CT molecular complexity index is 740. The van der Waals surface area contributed by atoms with Crippen LogP contribution in [0.4, 0.5) is 0 Å². The van der Waals surface area contributed by atoms with Gasteiger partial charge in [-0.05, 0) is 50.2 Å². The fourth-order valence-electron chi connectivity index (χ4n) is 5.81. The highest BCUT2D eigenvalue weighted by atomic mass is 16.3. The van der Waals surface area contributed by atoms with E-state index in [1.54, 1.807) is 0 Å². The van der Waals surface area contributed by atoms with Crippen molar-refractivity contribution in [2.45, 2.75) is 62.9 Å². The molecule has 2 N–H and O–H groups in total. The summed E-state index contributed by atoms with van der Waals surface area (Å²) in [5.74, 6) is 2.51. The Balaban J connectivity index is 1.58. The number of rotatable bonds is 1. The van der Waals surface area contributed by atoms with Crippen LogP contribution in [0.2, 0.25) is 0 Å². The zero-order valence-electron chi connectivity index (χ0n) is 15.2. The molecule has 6 heterocycles. The summed E-state index contributed by atoms with van der Waals surface area (Å²) in [6, 6.07) is 2.12. The number of aliphatic hydroxyl groups is 1. The third-order valence-corrected chi connectivity index (χ3v) is 6.97. The molecule has 26 heavy (non-hydrogen) atoms. The maximum Gasteiger partial charge on any atom is 0.231 e. The number of piperidine rings is 1. The van der Waals surface area contributed by atoms with Gasteiger partial charge in [0, 0.05) is 31.5 Å². The van der Waals surface area contributed by atoms with Crippen LogP contribution < -0.4 is 5.32 Å². The minimum absolute atomic E-state index is 0.0186. The summed E-state index contributed by atoms with van der Waals surface area (Å²) >= 11 is 0. The number of hydrogen-bond donors (Lipinski definition) is 2. The molecule has 1 spiro atoms. The summed E-state index contributed by atoms with van der Waals surface area (Å²) in [5, 5.41) is 13.3. The number of nitrogens with zero attached hydrogens (tertiary/aromatic N) is 1. The van der Waals surface area contributed by atoms with Crippen LogP contribution >= 0.6 is 0 Å². The summed E-state index contributed by atoms with van der Waals surface area (Å²) in [5.41, 5.74) is 0.803. The average Bonchev–Trinajstić information content (AvgIpc) is 3.27. The minimum Gasteiger partial charge on any atom is -0.464 e. The smallest absolute Gasteiger partial charge is 0.231 e. The van der Waals surface area contributed by atoms with Crippen LogP contribution in [0.25, 0.3) is 0 Å². The fourth-order valence-corrected chi connectivity index (χ4v) is 5.81. The second-order valence-electron chi connectivity index (χ2n) is 8.40. The van der Waals surface area contributed by atoms with E-state index in [-0.39, 0.29) is 30.5 Å². The van der Waals surface area contributed by atoms with Crippen LogP contribution in [0.5, 0.6) is 0 Å². The van der Waals surface area contributed by atoms with Crippen LogP contribution in [0.1, 0.15) is 67.6 Å². The molecule has 140 valence electrons. The maximum atomic E-state index is 13.6. The molecule has 1 aromatic heterocycles. The molecule has 5 heteroatoms. The summed E-state index contributed by atoms with van der Waals surface area (Å²) < 4.78 is 6.28. The van der Waals surface area contributed by atoms with E-state index in [0.717, 1.165) is 69.6 Å². The Morgan fingerprint density at radius 3 is 3.04 bits per heavy atom. The van der Waals surface area contributed by atoms with Crippen molar-refractivity contribution in [3.05, 3.63) is 35.3 Å². The van der Waals surface area contributed by atoms with E-state index in [1.165, 1.54) is 5.56 Å². The van der Waals surface area contributed by atoms with Gasteiger partial charge in [-0.2, -0.15) is 0 Å². The molecule has 2 saturated heterocycles. The Kier molecular flexibility index (Phi) is 3.98. The SMILES string of the molecule is O=C1N2CCCC/C=C\CCc3cc4c(o3)C3NC(CO)CC13C4CC2. The summed E-state index contributed by atoms with van der Waals surface area (Å²) in [7, 11) is 0. The van der Waals surface area contributed by atoms with Gasteiger partial charge in [0.2, 0.25) is 5.91 Å². The van der Waals surface area contributed by atoms with Crippen molar-refractivity contribution in [2.75, 3.05) is 19.7 Å². The van der Waals surface area contributed by atoms with Gasteiger partial charge in [0.1, 0.15) is 11.5 Å². The molecule has 4 unspecified atom stereocenters. The summed E-state index contributed by atoms with van der Waals surface area (Å²) in [6.45, 7) is 1.77. The maximum absolute atomic E-state index is 13.6. The summed E-state index contributed by atoms with van der Waals surface area (Å²) in [4.78, 5) is 15.7. The third kappa shape index (κ3) is 2.26. The van der Waals surface area contributed by atoms with Crippen LogP contribution in [0, 0.1) is 5.41 Å². The van der Waals surface area contributed by atoms with Crippen molar-refractivity contribution < 1.29 is 14.3 Å². The first-order valence-electron chi connectivity index (χ1n) is 10.2. The molecule has 1 amide bonds. The lowest BCUT2D eigenvalue weighted by atomic mass is 9.67. The number of furan rings is 1. The highest BCUT2D eigenvalue weighted by molar-refractivity contribution is 5.88. The van der Waals surface area contributed by atoms with Crippen molar-refractivity contribution >= 4 is 5.91 Å². The molecule has 6 aliphatic rings. The average molecular weight is 356 g/mol. The lowest BCUT2D eigenvalue weighted by molar-refractivity contribution is -0.148. The van der Waals surface area contributed by atoms with E-state index in [1.807, 2.05) is 0 Å². The highest BCUT2D eigenvalue weighted by Gasteiger charge is 2.66. The molecular formula is C21H28N2O3. The molecule has 0 radical (unpaired) electrons. The first-order valence-corrected chi connectivity index (χ1v) is 10.2. The first-order chi connectivity index (χ1) is 12.7. The topological polar surface area (TPSA) is 65.7 Å². The van der Waals surface area contributed by atoms with E-state index in [0.29, 0.717) is 0 Å². The number of nitrogens with one attached hydrogen (secondary N) is 1. The van der Waals surface area contributed by atoms with E-state index in [9.17, 15) is 9.90 Å². The van der Waals surface area contributed by atoms with E-state index >= 15 is 0 Å². The number of fused-ring (bicyclic) bond motifs is 1. The van der Waals surface area contributed by atoms with Crippen LogP contribution in [-0.2, 0) is 11.2 Å². The molecule has 1 aliphatic carbocycles. The third-order valence-electron chi connectivity index (χ3n) is 6.97. The van der Waals surface area contributed by atoms with Gasteiger partial charge in [-0.15, -0.1) is 0 Å². The normalized spacial score (nSPS) is 37.7. The van der Waals surface area contributed by atoms with Gasteiger partial charge in [-0.1, -0.05) is 12.2 Å². The Morgan fingerprint density at radius 1 is 1.27 bits per heavy atom. The lowest BCUT2D eigenvalue weighted by Crippen LogP contribution is -2.52. The standard InChI is InChI=1S/C21H28N2O3/c24-13-14-12-21-17-8-10-23(20(21)25)9-6-4-2-1-3-5-7-15-11-16(17)18(26-15)19(21)22-14/h1,3,11,14,17,19,22,24H,2,4-10,12-13H2/b3-1-. The fraction of sp³-hybridized carbons (Fsp3) is 0.667. The van der Waals surface area contributed by atoms with Crippen LogP contribution in [-0.4, -0.2) is 41.7 Å². The van der Waals surface area contributed by atoms with Gasteiger partial charge in [0.25, 0.3) is 0 Å². The number of carbonyl (C=O) groups is 1. The van der Waals surface area contributed by atoms with Gasteiger partial charge < -0.3 is 19.7 Å². The van der Waals surface area contributed by atoms with Crippen LogP contribution in [0.15, 0.2) is 22.6 Å². The van der Waals surface area contributed by atoms with Gasteiger partial charge in [0.05, 0.1) is 18.1 Å². The molecule has 6 bridgehead atoms. The molecule has 1 aromatic rings.